The summed E-state index contributed by atoms with van der Waals surface area (Å²) in [5.74, 6) is 1.40. The van der Waals surface area contributed by atoms with Crippen molar-refractivity contribution in [3.05, 3.63) is 54.0 Å². The zero-order chi connectivity index (χ0) is 8.81. The van der Waals surface area contributed by atoms with Gasteiger partial charge in [-0.1, -0.05) is 49.4 Å². The molecule has 0 N–H and O–H groups in total. The van der Waals surface area contributed by atoms with Gasteiger partial charge in [-0.2, -0.15) is 0 Å². The van der Waals surface area contributed by atoms with Gasteiger partial charge in [-0.25, -0.2) is 0 Å². The molecule has 0 aromatic heterocycles. The van der Waals surface area contributed by atoms with Crippen LogP contribution in [0.1, 0.15) is 25.8 Å². The van der Waals surface area contributed by atoms with Crippen LogP contribution in [0.25, 0.3) is 0 Å². The number of hydrogen-bond donors (Lipinski definition) is 0. The molecule has 0 fully saturated rings. The summed E-state index contributed by atoms with van der Waals surface area (Å²) in [5, 5.41) is 0. The van der Waals surface area contributed by atoms with Crippen molar-refractivity contribution in [2.24, 2.45) is 0 Å². The Bertz CT molecular complexity index is 233. The van der Waals surface area contributed by atoms with Crippen molar-refractivity contribution in [3.8, 4) is 0 Å². The van der Waals surface area contributed by atoms with E-state index in [9.17, 15) is 0 Å². The molecule has 0 amide bonds. The van der Waals surface area contributed by atoms with E-state index < -0.39 is 0 Å². The van der Waals surface area contributed by atoms with Crippen molar-refractivity contribution in [2.45, 2.75) is 20.3 Å². The maximum absolute atomic E-state index is 2.18. The van der Waals surface area contributed by atoms with Crippen molar-refractivity contribution < 1.29 is 0 Å². The first-order valence-corrected chi connectivity index (χ1v) is 4.42. The minimum atomic E-state index is 1.09. The molecule has 0 heterocycles. The molecule has 0 nitrogen and oxygen atoms in total. The van der Waals surface area contributed by atoms with Crippen LogP contribution in [0.3, 0.4) is 0 Å². The Hall–Kier alpha value is -1.04. The fourth-order valence-corrected chi connectivity index (χ4v) is 1.27. The lowest BCUT2D eigenvalue weighted by atomic mass is 9.96. The molecule has 1 aromatic rings. The van der Waals surface area contributed by atoms with Crippen LogP contribution in [-0.4, -0.2) is 0 Å². The molecule has 0 spiro atoms. The Labute approximate surface area is 74.9 Å². The van der Waals surface area contributed by atoms with Gasteiger partial charge in [0.1, 0.15) is 0 Å². The van der Waals surface area contributed by atoms with Crippen LogP contribution in [0.2, 0.25) is 0 Å². The first-order valence-electron chi connectivity index (χ1n) is 4.42. The van der Waals surface area contributed by atoms with Gasteiger partial charge in [-0.05, 0) is 18.9 Å². The van der Waals surface area contributed by atoms with Crippen molar-refractivity contribution in [1.29, 1.82) is 0 Å². The quantitative estimate of drug-likeness (QED) is 0.632. The van der Waals surface area contributed by atoms with Gasteiger partial charge in [0.15, 0.2) is 0 Å². The van der Waals surface area contributed by atoms with Crippen molar-refractivity contribution >= 4 is 0 Å². The lowest BCUT2D eigenvalue weighted by Crippen LogP contribution is -1.92. The second kappa shape index (κ2) is 4.76. The van der Waals surface area contributed by atoms with E-state index in [4.69, 9.17) is 0 Å². The van der Waals surface area contributed by atoms with Gasteiger partial charge in [0, 0.05) is 5.92 Å². The van der Waals surface area contributed by atoms with E-state index in [1.807, 2.05) is 6.07 Å². The molecule has 0 aliphatic heterocycles. The lowest BCUT2D eigenvalue weighted by Gasteiger charge is -2.08. The predicted octanol–water partition coefficient (Wildman–Crippen LogP) is 3.60. The second-order valence-corrected chi connectivity index (χ2v) is 2.74. The van der Waals surface area contributed by atoms with Crippen molar-refractivity contribution in [2.75, 3.05) is 0 Å². The Kier molecular flexibility index (Phi) is 3.59. The van der Waals surface area contributed by atoms with Gasteiger partial charge in [-0.3, -0.25) is 0 Å². The summed E-state index contributed by atoms with van der Waals surface area (Å²) >= 11 is 0. The highest BCUT2D eigenvalue weighted by molar-refractivity contribution is 5.36. The highest BCUT2D eigenvalue weighted by atomic mass is 14.1. The molecule has 0 saturated heterocycles. The van der Waals surface area contributed by atoms with Crippen LogP contribution in [0.15, 0.2) is 42.5 Å². The minimum Gasteiger partial charge on any atom is -0.0907 e. The van der Waals surface area contributed by atoms with E-state index in [-0.39, 0.29) is 0 Å². The molecular weight excluding hydrogens is 144 g/mol. The summed E-state index contributed by atoms with van der Waals surface area (Å²) in [6, 6.07) is 10.5. The molecule has 0 heteroatoms. The molecule has 1 rings (SSSR count). The second-order valence-electron chi connectivity index (χ2n) is 2.74. The molecular formula is C12H15. The van der Waals surface area contributed by atoms with Gasteiger partial charge in [0.05, 0.1) is 0 Å². The molecule has 0 unspecified atom stereocenters. The van der Waals surface area contributed by atoms with Gasteiger partial charge >= 0.3 is 0 Å². The van der Waals surface area contributed by atoms with Crippen molar-refractivity contribution in [3.63, 3.8) is 0 Å². The average molecular weight is 159 g/mol. The zero-order valence-electron chi connectivity index (χ0n) is 7.75. The van der Waals surface area contributed by atoms with Crippen LogP contribution in [0.5, 0.6) is 0 Å². The average Bonchev–Trinajstić information content (AvgIpc) is 2.15. The Morgan fingerprint density at radius 3 is 2.42 bits per heavy atom. The minimum absolute atomic E-state index is 1.09. The van der Waals surface area contributed by atoms with Gasteiger partial charge in [-0.15, -0.1) is 0 Å². The van der Waals surface area contributed by atoms with E-state index in [2.05, 4.69) is 50.3 Å². The molecule has 0 bridgehead atoms. The fourth-order valence-electron chi connectivity index (χ4n) is 1.27. The van der Waals surface area contributed by atoms with Crippen LogP contribution >= 0.6 is 0 Å². The lowest BCUT2D eigenvalue weighted by molar-refractivity contribution is 1.02. The summed E-state index contributed by atoms with van der Waals surface area (Å²) in [7, 11) is 0. The molecule has 12 heavy (non-hydrogen) atoms. The number of benzene rings is 1. The number of rotatable bonds is 3. The standard InChI is InChI=1S/C12H15/c1-3-8-11(4-2)12-9-6-5-7-10-12/h3,5-10H,4H2,1-2H3/b8-3+. The van der Waals surface area contributed by atoms with Gasteiger partial charge < -0.3 is 0 Å². The topological polar surface area (TPSA) is 0 Å². The van der Waals surface area contributed by atoms with Gasteiger partial charge in [0.25, 0.3) is 0 Å². The monoisotopic (exact) mass is 159 g/mol. The summed E-state index contributed by atoms with van der Waals surface area (Å²) < 4.78 is 0. The maximum Gasteiger partial charge on any atom is 0.0261 e. The largest absolute Gasteiger partial charge is 0.0907 e. The SMILES string of the molecule is C/C=C/[C](CC)c1ccccc1. The normalized spacial score (nSPS) is 11.2. The Balaban J connectivity index is 2.80. The summed E-state index contributed by atoms with van der Waals surface area (Å²) in [6.45, 7) is 4.24. The highest BCUT2D eigenvalue weighted by Gasteiger charge is 2.03. The first kappa shape index (κ1) is 9.05. The third-order valence-electron chi connectivity index (χ3n) is 1.89. The number of allylic oxidation sites excluding steroid dienone is 2. The van der Waals surface area contributed by atoms with E-state index in [1.54, 1.807) is 0 Å². The van der Waals surface area contributed by atoms with Crippen LogP contribution in [0.4, 0.5) is 0 Å². The van der Waals surface area contributed by atoms with Crippen LogP contribution in [-0.2, 0) is 0 Å². The molecule has 1 radical (unpaired) electrons. The van der Waals surface area contributed by atoms with E-state index in [0.717, 1.165) is 6.42 Å². The molecule has 0 atom stereocenters. The first-order chi connectivity index (χ1) is 5.88. The van der Waals surface area contributed by atoms with Crippen molar-refractivity contribution in [1.82, 2.24) is 0 Å². The smallest absolute Gasteiger partial charge is 0.0261 e. The molecule has 0 aliphatic carbocycles. The summed E-state index contributed by atoms with van der Waals surface area (Å²) in [5.41, 5.74) is 1.33. The zero-order valence-corrected chi connectivity index (χ0v) is 7.75. The molecule has 0 aliphatic rings. The van der Waals surface area contributed by atoms with E-state index in [1.165, 1.54) is 11.5 Å². The van der Waals surface area contributed by atoms with Crippen LogP contribution in [0, 0.1) is 5.92 Å². The predicted molar refractivity (Wildman–Crippen MR) is 53.9 cm³/mol. The fraction of sp³-hybridized carbons (Fsp3) is 0.250. The summed E-state index contributed by atoms with van der Waals surface area (Å²) in [4.78, 5) is 0. The van der Waals surface area contributed by atoms with Gasteiger partial charge in [0.2, 0.25) is 0 Å². The highest BCUT2D eigenvalue weighted by Crippen LogP contribution is 2.18. The Morgan fingerprint density at radius 2 is 1.92 bits per heavy atom. The number of hydrogen-bond acceptors (Lipinski definition) is 0. The molecule has 63 valence electrons. The maximum atomic E-state index is 2.18. The van der Waals surface area contributed by atoms with E-state index in [0.29, 0.717) is 0 Å². The third-order valence-corrected chi connectivity index (χ3v) is 1.89. The third kappa shape index (κ3) is 2.23. The van der Waals surface area contributed by atoms with Crippen LogP contribution < -0.4 is 0 Å². The molecule has 0 saturated carbocycles. The Morgan fingerprint density at radius 1 is 1.25 bits per heavy atom. The van der Waals surface area contributed by atoms with E-state index >= 15 is 0 Å². The molecule has 1 aromatic carbocycles. The summed E-state index contributed by atoms with van der Waals surface area (Å²) in [6.07, 6.45) is 5.36.